The Morgan fingerprint density at radius 2 is 1.52 bits per heavy atom. The second kappa shape index (κ2) is 8.16. The van der Waals surface area contributed by atoms with E-state index in [1.807, 2.05) is 20.0 Å². The Kier molecular flexibility index (Phi) is 6.54. The van der Waals surface area contributed by atoms with E-state index < -0.39 is 29.9 Å². The summed E-state index contributed by atoms with van der Waals surface area (Å²) >= 11 is 0. The summed E-state index contributed by atoms with van der Waals surface area (Å²) in [4.78, 5) is 0.118. The van der Waals surface area contributed by atoms with Crippen molar-refractivity contribution in [2.24, 2.45) is 0 Å². The largest absolute Gasteiger partial charge is 0.416 e. The summed E-state index contributed by atoms with van der Waals surface area (Å²) in [5, 5.41) is 0.900. The van der Waals surface area contributed by atoms with E-state index in [1.54, 1.807) is 12.1 Å². The Labute approximate surface area is 159 Å². The third-order valence-electron chi connectivity index (χ3n) is 4.49. The second-order valence-corrected chi connectivity index (χ2v) is 13.6. The van der Waals surface area contributed by atoms with Crippen LogP contribution in [-0.4, -0.2) is 23.1 Å². The quantitative estimate of drug-likeness (QED) is 0.372. The SMILES string of the molecule is Cc1ccc(S(=O)(=O)OCCC[Si](C)(C)c2ccc(C(F)(F)F)cc2)cc1. The summed E-state index contributed by atoms with van der Waals surface area (Å²) in [6, 6.07) is 12.4. The van der Waals surface area contributed by atoms with E-state index in [1.165, 1.54) is 24.3 Å². The van der Waals surface area contributed by atoms with Crippen LogP contribution >= 0.6 is 0 Å². The fraction of sp³-hybridized carbons (Fsp3) is 0.368. The summed E-state index contributed by atoms with van der Waals surface area (Å²) < 4.78 is 67.4. The van der Waals surface area contributed by atoms with Gasteiger partial charge in [-0.2, -0.15) is 21.6 Å². The predicted molar refractivity (Wildman–Crippen MR) is 102 cm³/mol. The van der Waals surface area contributed by atoms with Crippen LogP contribution in [0.3, 0.4) is 0 Å². The average Bonchev–Trinajstić information content (AvgIpc) is 2.58. The van der Waals surface area contributed by atoms with Gasteiger partial charge in [-0.25, -0.2) is 0 Å². The van der Waals surface area contributed by atoms with Crippen molar-refractivity contribution in [1.29, 1.82) is 0 Å². The molecule has 0 amide bonds. The molecule has 0 spiro atoms. The molecule has 0 aliphatic rings. The zero-order valence-electron chi connectivity index (χ0n) is 15.5. The fourth-order valence-corrected chi connectivity index (χ4v) is 6.04. The summed E-state index contributed by atoms with van der Waals surface area (Å²) in [5.74, 6) is 0. The molecule has 27 heavy (non-hydrogen) atoms. The molecule has 2 aromatic rings. The Morgan fingerprint density at radius 3 is 2.04 bits per heavy atom. The normalized spacial score (nSPS) is 13.0. The van der Waals surface area contributed by atoms with E-state index in [-0.39, 0.29) is 11.5 Å². The van der Waals surface area contributed by atoms with Crippen LogP contribution in [0.4, 0.5) is 13.2 Å². The number of rotatable bonds is 7. The molecule has 0 bridgehead atoms. The van der Waals surface area contributed by atoms with Gasteiger partial charge in [0.05, 0.1) is 25.1 Å². The van der Waals surface area contributed by atoms with E-state index >= 15 is 0 Å². The van der Waals surface area contributed by atoms with Gasteiger partial charge in [-0.15, -0.1) is 0 Å². The molecular formula is C19H23F3O3SSi. The number of halogens is 3. The number of alkyl halides is 3. The van der Waals surface area contributed by atoms with Crippen molar-refractivity contribution in [1.82, 2.24) is 0 Å². The van der Waals surface area contributed by atoms with Crippen molar-refractivity contribution in [2.75, 3.05) is 6.61 Å². The van der Waals surface area contributed by atoms with Crippen LogP contribution in [-0.2, 0) is 20.5 Å². The molecule has 2 rings (SSSR count). The molecule has 0 aliphatic carbocycles. The first-order valence-corrected chi connectivity index (χ1v) is 13.2. The standard InChI is InChI=1S/C19H23F3O3SSi/c1-15-5-9-17(10-6-15)26(23,24)25-13-4-14-27(2,3)18-11-7-16(8-12-18)19(20,21)22/h5-12H,4,13-14H2,1-3H3. The molecule has 0 atom stereocenters. The minimum Gasteiger partial charge on any atom is -0.266 e. The van der Waals surface area contributed by atoms with Gasteiger partial charge in [-0.3, -0.25) is 4.18 Å². The van der Waals surface area contributed by atoms with Crippen molar-refractivity contribution in [3.63, 3.8) is 0 Å². The summed E-state index contributed by atoms with van der Waals surface area (Å²) in [7, 11) is -5.78. The molecule has 0 fully saturated rings. The van der Waals surface area contributed by atoms with Gasteiger partial charge in [-0.1, -0.05) is 66.3 Å². The smallest absolute Gasteiger partial charge is 0.266 e. The van der Waals surface area contributed by atoms with E-state index in [4.69, 9.17) is 4.18 Å². The highest BCUT2D eigenvalue weighted by Gasteiger charge is 2.31. The molecule has 0 N–H and O–H groups in total. The van der Waals surface area contributed by atoms with Gasteiger partial charge in [0.2, 0.25) is 0 Å². The topological polar surface area (TPSA) is 43.4 Å². The van der Waals surface area contributed by atoms with E-state index in [0.29, 0.717) is 12.5 Å². The highest BCUT2D eigenvalue weighted by atomic mass is 32.2. The lowest BCUT2D eigenvalue weighted by molar-refractivity contribution is -0.137. The molecule has 0 aromatic heterocycles. The Morgan fingerprint density at radius 1 is 0.963 bits per heavy atom. The molecule has 0 aliphatic heterocycles. The first-order valence-electron chi connectivity index (χ1n) is 8.56. The second-order valence-electron chi connectivity index (χ2n) is 7.15. The number of benzene rings is 2. The first kappa shape index (κ1) is 21.7. The van der Waals surface area contributed by atoms with Crippen LogP contribution in [0, 0.1) is 6.92 Å². The van der Waals surface area contributed by atoms with Crippen LogP contribution in [0.25, 0.3) is 0 Å². The monoisotopic (exact) mass is 416 g/mol. The van der Waals surface area contributed by atoms with Gasteiger partial charge in [-0.05, 0) is 25.5 Å². The average molecular weight is 417 g/mol. The van der Waals surface area contributed by atoms with Crippen LogP contribution < -0.4 is 5.19 Å². The van der Waals surface area contributed by atoms with E-state index in [9.17, 15) is 21.6 Å². The number of hydrogen-bond acceptors (Lipinski definition) is 3. The zero-order chi connectivity index (χ0) is 20.3. The van der Waals surface area contributed by atoms with Crippen LogP contribution in [0.2, 0.25) is 19.1 Å². The molecule has 2 aromatic carbocycles. The van der Waals surface area contributed by atoms with Crippen molar-refractivity contribution in [3.05, 3.63) is 59.7 Å². The lowest BCUT2D eigenvalue weighted by atomic mass is 10.2. The highest BCUT2D eigenvalue weighted by Crippen LogP contribution is 2.28. The van der Waals surface area contributed by atoms with Gasteiger partial charge >= 0.3 is 6.18 Å². The first-order chi connectivity index (χ1) is 12.4. The molecule has 148 valence electrons. The maximum absolute atomic E-state index is 12.7. The van der Waals surface area contributed by atoms with Crippen LogP contribution in [0.1, 0.15) is 17.5 Å². The zero-order valence-corrected chi connectivity index (χ0v) is 17.3. The third kappa shape index (κ3) is 5.92. The van der Waals surface area contributed by atoms with Crippen molar-refractivity contribution >= 4 is 23.4 Å². The Balaban J connectivity index is 1.92. The van der Waals surface area contributed by atoms with Gasteiger partial charge in [0.25, 0.3) is 10.1 Å². The van der Waals surface area contributed by atoms with E-state index in [2.05, 4.69) is 0 Å². The Bertz CT molecular complexity index is 859. The summed E-state index contributed by atoms with van der Waals surface area (Å²) in [6.07, 6.45) is -3.83. The Hall–Kier alpha value is -1.64. The van der Waals surface area contributed by atoms with Gasteiger partial charge in [0, 0.05) is 0 Å². The molecule has 3 nitrogen and oxygen atoms in total. The maximum atomic E-state index is 12.7. The molecule has 8 heteroatoms. The molecule has 0 unspecified atom stereocenters. The minimum atomic E-state index is -4.34. The van der Waals surface area contributed by atoms with Gasteiger partial charge < -0.3 is 0 Å². The maximum Gasteiger partial charge on any atom is 0.416 e. The number of hydrogen-bond donors (Lipinski definition) is 0. The number of aryl methyl sites for hydroxylation is 1. The summed E-state index contributed by atoms with van der Waals surface area (Å²) in [5.41, 5.74) is 0.293. The van der Waals surface area contributed by atoms with Crippen molar-refractivity contribution in [3.8, 4) is 0 Å². The molecule has 0 saturated heterocycles. The molecule has 0 radical (unpaired) electrons. The molecular weight excluding hydrogens is 393 g/mol. The van der Waals surface area contributed by atoms with Gasteiger partial charge in [0.15, 0.2) is 0 Å². The third-order valence-corrected chi connectivity index (χ3v) is 9.31. The predicted octanol–water partition coefficient (Wildman–Crippen LogP) is 4.72. The van der Waals surface area contributed by atoms with Crippen LogP contribution in [0.15, 0.2) is 53.4 Å². The lowest BCUT2D eigenvalue weighted by Gasteiger charge is -2.23. The summed E-state index contributed by atoms with van der Waals surface area (Å²) in [6.45, 7) is 6.01. The minimum absolute atomic E-state index is 0.0489. The van der Waals surface area contributed by atoms with Gasteiger partial charge in [0.1, 0.15) is 0 Å². The molecule has 0 heterocycles. The van der Waals surface area contributed by atoms with Crippen LogP contribution in [0.5, 0.6) is 0 Å². The molecule has 0 saturated carbocycles. The lowest BCUT2D eigenvalue weighted by Crippen LogP contribution is -2.41. The van der Waals surface area contributed by atoms with E-state index in [0.717, 1.165) is 22.9 Å². The van der Waals surface area contributed by atoms with Crippen molar-refractivity contribution < 1.29 is 25.8 Å². The van der Waals surface area contributed by atoms with Crippen molar-refractivity contribution in [2.45, 2.75) is 43.6 Å². The fourth-order valence-electron chi connectivity index (χ4n) is 2.71. The highest BCUT2D eigenvalue weighted by molar-refractivity contribution is 7.86.